The predicted octanol–water partition coefficient (Wildman–Crippen LogP) is 6.26. The first-order chi connectivity index (χ1) is 22.1. The van der Waals surface area contributed by atoms with Crippen LogP contribution in [0, 0.1) is 6.42 Å². The van der Waals surface area contributed by atoms with Crippen LogP contribution in [-0.2, 0) is 29.0 Å². The van der Waals surface area contributed by atoms with E-state index in [0.717, 1.165) is 65.9 Å². The van der Waals surface area contributed by atoms with E-state index in [1.165, 1.54) is 0 Å². The maximum atomic E-state index is 13.5. The van der Waals surface area contributed by atoms with Gasteiger partial charge in [0, 0.05) is 31.7 Å². The Kier molecular flexibility index (Phi) is 11.6. The Morgan fingerprint density at radius 1 is 0.800 bits per heavy atom. The van der Waals surface area contributed by atoms with E-state index >= 15 is 0 Å². The van der Waals surface area contributed by atoms with E-state index in [0.29, 0.717) is 19.6 Å². The van der Waals surface area contributed by atoms with Crippen LogP contribution in [0.3, 0.4) is 0 Å². The molecule has 0 atom stereocenters. The second-order valence-electron chi connectivity index (χ2n) is 11.1. The van der Waals surface area contributed by atoms with Crippen molar-refractivity contribution in [3.63, 3.8) is 0 Å². The third-order valence-corrected chi connectivity index (χ3v) is 7.75. The first-order valence-electron chi connectivity index (χ1n) is 15.6. The number of amides is 2. The van der Waals surface area contributed by atoms with Crippen LogP contribution >= 0.6 is 0 Å². The minimum absolute atomic E-state index is 0.0143. The summed E-state index contributed by atoms with van der Waals surface area (Å²) in [4.78, 5) is 26.2. The molecule has 0 saturated carbocycles. The Labute approximate surface area is 265 Å². The largest absolute Gasteiger partial charge is 0.508 e. The number of nitrogens with one attached hydrogen (secondary N) is 2. The molecule has 1 fully saturated rings. The Balaban J connectivity index is 1.10. The minimum atomic E-state index is -0.487. The number of para-hydroxylation sites is 1. The first-order valence-corrected chi connectivity index (χ1v) is 15.6. The number of ether oxygens (including phenoxy) is 1. The maximum Gasteiger partial charge on any atom is 0.429 e. The van der Waals surface area contributed by atoms with Crippen molar-refractivity contribution >= 4 is 17.7 Å². The van der Waals surface area contributed by atoms with Crippen LogP contribution < -0.4 is 15.6 Å². The predicted molar refractivity (Wildman–Crippen MR) is 177 cm³/mol. The van der Waals surface area contributed by atoms with Gasteiger partial charge in [0.1, 0.15) is 12.4 Å². The SMILES string of the molecule is O=C(CCOC(=O)N(c1ccccc1-c1ccccc1)N1CC[CH]CC1)NCc1cccc(CNCCc2ccc(O)cc2)c1. The van der Waals surface area contributed by atoms with Crippen molar-refractivity contribution < 1.29 is 19.4 Å². The second-order valence-corrected chi connectivity index (χ2v) is 11.1. The van der Waals surface area contributed by atoms with Gasteiger partial charge in [0.15, 0.2) is 0 Å². The van der Waals surface area contributed by atoms with Crippen molar-refractivity contribution in [3.8, 4) is 16.9 Å². The molecule has 4 aromatic carbocycles. The Bertz CT molecular complexity index is 1520. The molecule has 0 aliphatic carbocycles. The van der Waals surface area contributed by atoms with Crippen molar-refractivity contribution in [2.45, 2.75) is 38.8 Å². The van der Waals surface area contributed by atoms with E-state index in [-0.39, 0.29) is 24.7 Å². The smallest absolute Gasteiger partial charge is 0.429 e. The van der Waals surface area contributed by atoms with Crippen LogP contribution in [0.4, 0.5) is 10.5 Å². The molecule has 0 unspecified atom stereocenters. The summed E-state index contributed by atoms with van der Waals surface area (Å²) in [5.41, 5.74) is 6.02. The van der Waals surface area contributed by atoms with E-state index in [9.17, 15) is 14.7 Å². The lowest BCUT2D eigenvalue weighted by Gasteiger charge is -2.37. The number of anilines is 1. The lowest BCUT2D eigenvalue weighted by atomic mass is 10.0. The number of hydrogen-bond acceptors (Lipinski definition) is 6. The highest BCUT2D eigenvalue weighted by atomic mass is 16.6. The van der Waals surface area contributed by atoms with Crippen LogP contribution in [0.2, 0.25) is 0 Å². The van der Waals surface area contributed by atoms with E-state index < -0.39 is 6.09 Å². The number of nitrogens with zero attached hydrogens (tertiary/aromatic N) is 2. The maximum absolute atomic E-state index is 13.5. The highest BCUT2D eigenvalue weighted by molar-refractivity contribution is 5.93. The lowest BCUT2D eigenvalue weighted by molar-refractivity contribution is -0.121. The quantitative estimate of drug-likeness (QED) is 0.156. The molecule has 1 aliphatic heterocycles. The highest BCUT2D eigenvalue weighted by Crippen LogP contribution is 2.33. The molecule has 0 spiro atoms. The fourth-order valence-electron chi connectivity index (χ4n) is 5.38. The number of phenolic OH excluding ortho intramolecular Hbond substituents is 1. The molecule has 8 nitrogen and oxygen atoms in total. The van der Waals surface area contributed by atoms with Crippen molar-refractivity contribution in [2.75, 3.05) is 31.3 Å². The fourth-order valence-corrected chi connectivity index (χ4v) is 5.38. The zero-order valence-electron chi connectivity index (χ0n) is 25.5. The molecule has 1 saturated heterocycles. The standard InChI is InChI=1S/C37H41N4O4/c42-33-18-16-29(17-19-33)20-22-38-27-30-10-9-11-31(26-30)28-39-36(43)21-25-45-37(44)41(40-23-7-2-8-24-40)35-15-6-5-14-34(35)32-12-3-1-4-13-32/h1-6,9-19,26,38,42H,7-8,20-25,27-28H2,(H,39,43). The monoisotopic (exact) mass is 605 g/mol. The molecule has 233 valence electrons. The van der Waals surface area contributed by atoms with Gasteiger partial charge >= 0.3 is 6.09 Å². The number of hydrogen-bond donors (Lipinski definition) is 3. The van der Waals surface area contributed by atoms with Crippen LogP contribution in [0.1, 0.15) is 36.0 Å². The summed E-state index contributed by atoms with van der Waals surface area (Å²) in [6.07, 6.45) is 4.46. The third-order valence-electron chi connectivity index (χ3n) is 7.75. The van der Waals surface area contributed by atoms with Crippen molar-refractivity contribution in [1.82, 2.24) is 15.6 Å². The summed E-state index contributed by atoms with van der Waals surface area (Å²) in [6.45, 7) is 3.34. The van der Waals surface area contributed by atoms with Gasteiger partial charge < -0.3 is 20.5 Å². The third kappa shape index (κ3) is 9.41. The van der Waals surface area contributed by atoms with Gasteiger partial charge in [-0.3, -0.25) is 4.79 Å². The van der Waals surface area contributed by atoms with E-state index in [1.54, 1.807) is 17.1 Å². The van der Waals surface area contributed by atoms with Gasteiger partial charge in [0.2, 0.25) is 5.91 Å². The first kappa shape index (κ1) is 31.8. The zero-order valence-corrected chi connectivity index (χ0v) is 25.5. The van der Waals surface area contributed by atoms with Crippen molar-refractivity contribution in [2.24, 2.45) is 0 Å². The Morgan fingerprint density at radius 2 is 1.51 bits per heavy atom. The van der Waals surface area contributed by atoms with Gasteiger partial charge in [-0.1, -0.05) is 84.9 Å². The van der Waals surface area contributed by atoms with Crippen LogP contribution in [-0.4, -0.2) is 48.4 Å². The van der Waals surface area contributed by atoms with Crippen LogP contribution in [0.25, 0.3) is 11.1 Å². The second kappa shape index (κ2) is 16.4. The molecule has 3 N–H and O–H groups in total. The summed E-state index contributed by atoms with van der Waals surface area (Å²) in [6, 6.07) is 33.2. The van der Waals surface area contributed by atoms with Crippen LogP contribution in [0.5, 0.6) is 5.75 Å². The molecule has 2 amide bonds. The van der Waals surface area contributed by atoms with Gasteiger partial charge in [-0.2, -0.15) is 0 Å². The summed E-state index contributed by atoms with van der Waals surface area (Å²) in [5.74, 6) is 0.0971. The van der Waals surface area contributed by atoms with E-state index in [1.807, 2.05) is 83.9 Å². The normalized spacial score (nSPS) is 13.2. The number of aromatic hydroxyl groups is 1. The Hall–Kier alpha value is -4.66. The Morgan fingerprint density at radius 3 is 2.29 bits per heavy atom. The van der Waals surface area contributed by atoms with E-state index in [2.05, 4.69) is 29.2 Å². The number of carbonyl (C=O) groups is 2. The number of rotatable bonds is 13. The molecule has 4 aromatic rings. The minimum Gasteiger partial charge on any atom is -0.508 e. The molecule has 8 heteroatoms. The van der Waals surface area contributed by atoms with E-state index in [4.69, 9.17) is 4.74 Å². The van der Waals surface area contributed by atoms with Crippen LogP contribution in [0.15, 0.2) is 103 Å². The molecular weight excluding hydrogens is 564 g/mol. The van der Waals surface area contributed by atoms with Gasteiger partial charge in [0.05, 0.1) is 12.1 Å². The molecular formula is C37H41N4O4. The van der Waals surface area contributed by atoms with Crippen molar-refractivity contribution in [1.29, 1.82) is 0 Å². The fraction of sp³-hybridized carbons (Fsp3) is 0.270. The molecule has 0 bridgehead atoms. The number of piperidine rings is 1. The molecule has 45 heavy (non-hydrogen) atoms. The zero-order chi connectivity index (χ0) is 31.3. The summed E-state index contributed by atoms with van der Waals surface area (Å²) in [7, 11) is 0. The highest BCUT2D eigenvalue weighted by Gasteiger charge is 2.28. The number of hydrazine groups is 1. The van der Waals surface area contributed by atoms with Gasteiger partial charge in [-0.05, 0) is 72.7 Å². The van der Waals surface area contributed by atoms with Crippen molar-refractivity contribution in [3.05, 3.63) is 126 Å². The molecule has 1 heterocycles. The molecule has 1 aliphatic rings. The lowest BCUT2D eigenvalue weighted by Crippen LogP contribution is -2.50. The topological polar surface area (TPSA) is 94.1 Å². The van der Waals surface area contributed by atoms with Gasteiger partial charge in [0.25, 0.3) is 0 Å². The molecule has 0 aromatic heterocycles. The number of carbonyl (C=O) groups excluding carboxylic acids is 2. The van der Waals surface area contributed by atoms with Gasteiger partial charge in [-0.15, -0.1) is 0 Å². The number of phenols is 1. The molecule has 1 radical (unpaired) electrons. The summed E-state index contributed by atoms with van der Waals surface area (Å²) in [5, 5.41) is 19.5. The average Bonchev–Trinajstić information content (AvgIpc) is 3.08. The summed E-state index contributed by atoms with van der Waals surface area (Å²) < 4.78 is 5.69. The number of benzene rings is 4. The van der Waals surface area contributed by atoms with Gasteiger partial charge in [-0.25, -0.2) is 14.8 Å². The average molecular weight is 606 g/mol. The summed E-state index contributed by atoms with van der Waals surface area (Å²) >= 11 is 0. The molecule has 5 rings (SSSR count).